The van der Waals surface area contributed by atoms with Crippen LogP contribution in [0.5, 0.6) is 0 Å². The molecule has 0 saturated carbocycles. The number of nitrogens with one attached hydrogen (secondary N) is 1. The van der Waals surface area contributed by atoms with E-state index in [4.69, 9.17) is 9.84 Å². The largest absolute Gasteiger partial charge is 0.394 e. The summed E-state index contributed by atoms with van der Waals surface area (Å²) in [6, 6.07) is 0. The summed E-state index contributed by atoms with van der Waals surface area (Å²) in [6.07, 6.45) is -3.12. The predicted molar refractivity (Wildman–Crippen MR) is 85.1 cm³/mol. The molecule has 124 valence electrons. The molecule has 0 amide bonds. The maximum absolute atomic E-state index is 12.0. The molecule has 0 aromatic carbocycles. The Morgan fingerprint density at radius 1 is 1.48 bits per heavy atom. The van der Waals surface area contributed by atoms with Gasteiger partial charge in [-0.2, -0.15) is 0 Å². The fraction of sp³-hybridized carbons (Fsp3) is 0.417. The third-order valence-electron chi connectivity index (χ3n) is 3.43. The molecule has 11 heteroatoms. The highest BCUT2D eigenvalue weighted by atomic mass is 79.9. The number of aromatic nitrogens is 4. The number of thioether (sulfide) groups is 1. The Bertz CT molecular complexity index is 793. The highest BCUT2D eigenvalue weighted by Crippen LogP contribution is 2.31. The van der Waals surface area contributed by atoms with Gasteiger partial charge in [0.1, 0.15) is 18.3 Å². The highest BCUT2D eigenvalue weighted by molar-refractivity contribution is 9.11. The van der Waals surface area contributed by atoms with Crippen LogP contribution in [0.15, 0.2) is 26.7 Å². The Morgan fingerprint density at radius 2 is 2.26 bits per heavy atom. The maximum atomic E-state index is 12.0. The highest BCUT2D eigenvalue weighted by Gasteiger charge is 2.44. The first kappa shape index (κ1) is 16.6. The molecule has 1 saturated heterocycles. The number of ether oxygens (including phenoxy) is 1. The third kappa shape index (κ3) is 2.95. The van der Waals surface area contributed by atoms with Crippen molar-refractivity contribution in [3.05, 3.63) is 27.1 Å². The summed E-state index contributed by atoms with van der Waals surface area (Å²) < 4.78 is 6.81. The van der Waals surface area contributed by atoms with Gasteiger partial charge < -0.3 is 20.1 Å². The van der Waals surface area contributed by atoms with Gasteiger partial charge in [-0.25, -0.2) is 9.97 Å². The summed E-state index contributed by atoms with van der Waals surface area (Å²) in [5.41, 5.74) is -0.116. The Balaban J connectivity index is 2.05. The molecule has 0 spiro atoms. The molecule has 0 unspecified atom stereocenters. The summed E-state index contributed by atoms with van der Waals surface area (Å²) in [5, 5.41) is 31.1. The number of hydrogen-bond acceptors (Lipinski definition) is 8. The van der Waals surface area contributed by atoms with Crippen LogP contribution in [-0.2, 0) is 4.74 Å². The minimum absolute atomic E-state index is 0.0925. The average Bonchev–Trinajstić information content (AvgIpc) is 3.08. The number of fused-ring (bicyclic) bond motifs is 1. The van der Waals surface area contributed by atoms with Crippen molar-refractivity contribution in [2.45, 2.75) is 29.7 Å². The van der Waals surface area contributed by atoms with Gasteiger partial charge in [-0.3, -0.25) is 14.3 Å². The minimum atomic E-state index is -1.27. The first-order valence-corrected chi connectivity index (χ1v) is 8.37. The number of aliphatic hydroxyl groups is 3. The van der Waals surface area contributed by atoms with Crippen molar-refractivity contribution in [2.75, 3.05) is 6.61 Å². The van der Waals surface area contributed by atoms with Crippen LogP contribution in [-0.4, -0.2) is 59.8 Å². The van der Waals surface area contributed by atoms with E-state index < -0.39 is 36.7 Å². The average molecular weight is 405 g/mol. The van der Waals surface area contributed by atoms with Gasteiger partial charge in [-0.1, -0.05) is 27.7 Å². The first-order chi connectivity index (χ1) is 11.1. The van der Waals surface area contributed by atoms with E-state index in [0.29, 0.717) is 5.16 Å². The van der Waals surface area contributed by atoms with Crippen molar-refractivity contribution in [2.24, 2.45) is 0 Å². The van der Waals surface area contributed by atoms with Crippen molar-refractivity contribution in [1.29, 1.82) is 0 Å². The Kier molecular flexibility index (Phi) is 4.85. The SMILES string of the molecule is O=c1[nH]c(S/C=C\Br)nc2c1ncn2[C@@H]1O[C@H](CO)[C@@H](O)[C@H]1O. The number of imidazole rings is 1. The molecular weight excluding hydrogens is 392 g/mol. The van der Waals surface area contributed by atoms with Crippen molar-refractivity contribution >= 4 is 38.9 Å². The topological polar surface area (TPSA) is 133 Å². The Hall–Kier alpha value is -1.24. The second kappa shape index (κ2) is 6.71. The van der Waals surface area contributed by atoms with Crippen LogP contribution in [0.2, 0.25) is 0 Å². The van der Waals surface area contributed by atoms with E-state index in [1.807, 2.05) is 0 Å². The number of aromatic amines is 1. The van der Waals surface area contributed by atoms with Crippen molar-refractivity contribution in [3.63, 3.8) is 0 Å². The fourth-order valence-corrected chi connectivity index (χ4v) is 3.14. The Labute approximate surface area is 142 Å². The van der Waals surface area contributed by atoms with Gasteiger partial charge in [0.25, 0.3) is 5.56 Å². The van der Waals surface area contributed by atoms with Crippen LogP contribution >= 0.6 is 27.7 Å². The first-order valence-electron chi connectivity index (χ1n) is 6.58. The molecule has 4 N–H and O–H groups in total. The molecule has 2 aromatic heterocycles. The van der Waals surface area contributed by atoms with Crippen LogP contribution in [0, 0.1) is 0 Å². The van der Waals surface area contributed by atoms with Gasteiger partial charge in [0.05, 0.1) is 12.9 Å². The number of H-pyrrole nitrogens is 1. The smallest absolute Gasteiger partial charge is 0.279 e. The molecule has 9 nitrogen and oxygen atoms in total. The predicted octanol–water partition coefficient (Wildman–Crippen LogP) is -0.311. The van der Waals surface area contributed by atoms with E-state index in [-0.39, 0.29) is 11.2 Å². The fourth-order valence-electron chi connectivity index (χ4n) is 2.35. The lowest BCUT2D eigenvalue weighted by Gasteiger charge is -2.16. The molecule has 2 aromatic rings. The number of aliphatic hydroxyl groups excluding tert-OH is 3. The van der Waals surface area contributed by atoms with Crippen LogP contribution in [0.25, 0.3) is 11.2 Å². The summed E-state index contributed by atoms with van der Waals surface area (Å²) in [5.74, 6) is 0. The molecule has 0 bridgehead atoms. The summed E-state index contributed by atoms with van der Waals surface area (Å²) >= 11 is 4.30. The zero-order valence-corrected chi connectivity index (χ0v) is 13.9. The minimum Gasteiger partial charge on any atom is -0.394 e. The van der Waals surface area contributed by atoms with E-state index in [2.05, 4.69) is 30.9 Å². The van der Waals surface area contributed by atoms with Crippen LogP contribution in [0.1, 0.15) is 6.23 Å². The van der Waals surface area contributed by atoms with Crippen molar-refractivity contribution in [3.8, 4) is 0 Å². The standard InChI is InChI=1S/C12H13BrN4O5S/c13-1-2-23-12-15-9-6(10(21)16-12)14-4-17(9)11-8(20)7(19)5(3-18)22-11/h1-2,4-5,7-8,11,18-20H,3H2,(H,15,16,21)/b2-1-/t5-,7-,8-,11-/m1/s1. The molecular formula is C12H13BrN4O5S. The second-order valence-electron chi connectivity index (χ2n) is 4.80. The van der Waals surface area contributed by atoms with Gasteiger partial charge in [0.2, 0.25) is 0 Å². The summed E-state index contributed by atoms with van der Waals surface area (Å²) in [7, 11) is 0. The van der Waals surface area contributed by atoms with Crippen LogP contribution < -0.4 is 5.56 Å². The van der Waals surface area contributed by atoms with Crippen molar-refractivity contribution < 1.29 is 20.1 Å². The van der Waals surface area contributed by atoms with E-state index in [1.54, 1.807) is 10.4 Å². The van der Waals surface area contributed by atoms with Gasteiger partial charge in [0, 0.05) is 0 Å². The number of halogens is 1. The van der Waals surface area contributed by atoms with E-state index in [0.717, 1.165) is 0 Å². The van der Waals surface area contributed by atoms with Crippen LogP contribution in [0.3, 0.4) is 0 Å². The molecule has 1 aliphatic rings. The zero-order chi connectivity index (χ0) is 16.6. The molecule has 4 atom stereocenters. The summed E-state index contributed by atoms with van der Waals surface area (Å²) in [4.78, 5) is 24.5. The van der Waals surface area contributed by atoms with Gasteiger partial charge in [-0.05, 0) is 10.4 Å². The quantitative estimate of drug-likeness (QED) is 0.402. The maximum Gasteiger partial charge on any atom is 0.279 e. The molecule has 0 radical (unpaired) electrons. The molecule has 1 fully saturated rings. The normalized spacial score (nSPS) is 28.2. The summed E-state index contributed by atoms with van der Waals surface area (Å²) in [6.45, 7) is -0.438. The van der Waals surface area contributed by atoms with E-state index >= 15 is 0 Å². The number of hydrogen-bond donors (Lipinski definition) is 4. The van der Waals surface area contributed by atoms with E-state index in [9.17, 15) is 15.0 Å². The second-order valence-corrected chi connectivity index (χ2v) is 6.23. The van der Waals surface area contributed by atoms with Gasteiger partial charge >= 0.3 is 0 Å². The third-order valence-corrected chi connectivity index (χ3v) is 4.74. The lowest BCUT2D eigenvalue weighted by atomic mass is 10.1. The van der Waals surface area contributed by atoms with Crippen molar-refractivity contribution in [1.82, 2.24) is 19.5 Å². The van der Waals surface area contributed by atoms with Gasteiger partial charge in [-0.15, -0.1) is 0 Å². The molecule has 0 aliphatic carbocycles. The molecule has 3 rings (SSSR count). The van der Waals surface area contributed by atoms with E-state index in [1.165, 1.54) is 22.7 Å². The number of nitrogens with zero attached hydrogens (tertiary/aromatic N) is 3. The Morgan fingerprint density at radius 3 is 2.91 bits per heavy atom. The lowest BCUT2D eigenvalue weighted by molar-refractivity contribution is -0.0511. The van der Waals surface area contributed by atoms with Crippen LogP contribution in [0.4, 0.5) is 0 Å². The number of rotatable bonds is 4. The molecule has 23 heavy (non-hydrogen) atoms. The zero-order valence-electron chi connectivity index (χ0n) is 11.5. The van der Waals surface area contributed by atoms with Gasteiger partial charge in [0.15, 0.2) is 22.5 Å². The molecule has 1 aliphatic heterocycles. The molecule has 3 heterocycles. The monoisotopic (exact) mass is 404 g/mol. The lowest BCUT2D eigenvalue weighted by Crippen LogP contribution is -2.33.